The molecule has 0 spiro atoms. The van der Waals surface area contributed by atoms with Crippen LogP contribution in [0.25, 0.3) is 10.6 Å². The van der Waals surface area contributed by atoms with Crippen LogP contribution in [0.2, 0.25) is 0 Å². The molecule has 3 nitrogen and oxygen atoms in total. The number of thiazole rings is 1. The molecular weight excluding hydrogens is 270 g/mol. The zero-order valence-electron chi connectivity index (χ0n) is 12.4. The van der Waals surface area contributed by atoms with Crippen LogP contribution in [0.1, 0.15) is 37.8 Å². The maximum absolute atomic E-state index is 10.3. The van der Waals surface area contributed by atoms with Crippen molar-refractivity contribution in [2.75, 3.05) is 7.11 Å². The van der Waals surface area contributed by atoms with Gasteiger partial charge in [-0.3, -0.25) is 0 Å². The molecule has 0 aliphatic heterocycles. The first-order valence-corrected chi connectivity index (χ1v) is 7.64. The van der Waals surface area contributed by atoms with Gasteiger partial charge in [0.15, 0.2) is 0 Å². The minimum atomic E-state index is -0.840. The summed E-state index contributed by atoms with van der Waals surface area (Å²) in [5, 5.41) is 11.2. The van der Waals surface area contributed by atoms with E-state index in [-0.39, 0.29) is 0 Å². The maximum Gasteiger partial charge on any atom is 0.123 e. The van der Waals surface area contributed by atoms with Gasteiger partial charge in [-0.05, 0) is 44.5 Å². The van der Waals surface area contributed by atoms with Gasteiger partial charge < -0.3 is 9.84 Å². The molecule has 1 N–H and O–H groups in total. The van der Waals surface area contributed by atoms with Crippen LogP contribution in [0.4, 0.5) is 0 Å². The first-order chi connectivity index (χ1) is 9.45. The van der Waals surface area contributed by atoms with E-state index in [2.05, 4.69) is 6.92 Å². The summed E-state index contributed by atoms with van der Waals surface area (Å²) in [6, 6.07) is 7.86. The molecule has 0 amide bonds. The molecule has 0 aliphatic rings. The van der Waals surface area contributed by atoms with Gasteiger partial charge in [0.1, 0.15) is 10.8 Å². The predicted octanol–water partition coefficient (Wildman–Crippen LogP) is 4.00. The first-order valence-electron chi connectivity index (χ1n) is 6.82. The second-order valence-electron chi connectivity index (χ2n) is 5.33. The van der Waals surface area contributed by atoms with E-state index in [0.717, 1.165) is 39.7 Å². The standard InChI is InChI=1S/C16H21NO2S/c1-5-6-13-14(16(2,3)18)20-15(17-13)11-7-9-12(19-4)10-8-11/h7-10,18H,5-6H2,1-4H3. The summed E-state index contributed by atoms with van der Waals surface area (Å²) in [7, 11) is 1.66. The van der Waals surface area contributed by atoms with Crippen LogP contribution in [0.15, 0.2) is 24.3 Å². The van der Waals surface area contributed by atoms with Crippen molar-refractivity contribution in [3.8, 4) is 16.3 Å². The van der Waals surface area contributed by atoms with Crippen molar-refractivity contribution in [2.24, 2.45) is 0 Å². The van der Waals surface area contributed by atoms with Crippen molar-refractivity contribution in [2.45, 2.75) is 39.2 Å². The average molecular weight is 291 g/mol. The van der Waals surface area contributed by atoms with Gasteiger partial charge in [0.25, 0.3) is 0 Å². The highest BCUT2D eigenvalue weighted by Crippen LogP contribution is 2.35. The molecule has 0 saturated heterocycles. The Balaban J connectivity index is 2.41. The van der Waals surface area contributed by atoms with Gasteiger partial charge in [-0.25, -0.2) is 4.98 Å². The summed E-state index contributed by atoms with van der Waals surface area (Å²) in [5.41, 5.74) is 1.23. The lowest BCUT2D eigenvalue weighted by molar-refractivity contribution is 0.0813. The van der Waals surface area contributed by atoms with Crippen molar-refractivity contribution in [3.63, 3.8) is 0 Å². The van der Waals surface area contributed by atoms with Crippen LogP contribution < -0.4 is 4.74 Å². The van der Waals surface area contributed by atoms with Gasteiger partial charge in [-0.2, -0.15) is 0 Å². The topological polar surface area (TPSA) is 42.4 Å². The molecule has 0 fully saturated rings. The van der Waals surface area contributed by atoms with E-state index in [4.69, 9.17) is 9.72 Å². The third-order valence-electron chi connectivity index (χ3n) is 3.08. The van der Waals surface area contributed by atoms with Gasteiger partial charge in [-0.1, -0.05) is 13.3 Å². The molecular formula is C16H21NO2S. The van der Waals surface area contributed by atoms with Crippen LogP contribution >= 0.6 is 11.3 Å². The number of aliphatic hydroxyl groups is 1. The molecule has 0 aliphatic carbocycles. The molecule has 0 saturated carbocycles. The summed E-state index contributed by atoms with van der Waals surface area (Å²) in [6.45, 7) is 5.76. The molecule has 4 heteroatoms. The van der Waals surface area contributed by atoms with Crippen molar-refractivity contribution >= 4 is 11.3 Å². The number of nitrogens with zero attached hydrogens (tertiary/aromatic N) is 1. The lowest BCUT2D eigenvalue weighted by atomic mass is 10.0. The monoisotopic (exact) mass is 291 g/mol. The number of rotatable bonds is 5. The normalized spacial score (nSPS) is 11.7. The lowest BCUT2D eigenvalue weighted by Crippen LogP contribution is -2.15. The number of aromatic nitrogens is 1. The fourth-order valence-corrected chi connectivity index (χ4v) is 3.21. The number of hydrogen-bond acceptors (Lipinski definition) is 4. The fourth-order valence-electron chi connectivity index (χ4n) is 2.09. The Hall–Kier alpha value is -1.39. The Morgan fingerprint density at radius 1 is 1.25 bits per heavy atom. The van der Waals surface area contributed by atoms with Gasteiger partial charge in [0.05, 0.1) is 23.3 Å². The molecule has 2 rings (SSSR count). The second-order valence-corrected chi connectivity index (χ2v) is 6.33. The van der Waals surface area contributed by atoms with E-state index >= 15 is 0 Å². The molecule has 1 heterocycles. The largest absolute Gasteiger partial charge is 0.497 e. The van der Waals surface area contributed by atoms with E-state index in [1.807, 2.05) is 38.1 Å². The summed E-state index contributed by atoms with van der Waals surface area (Å²) in [6.07, 6.45) is 1.92. The summed E-state index contributed by atoms with van der Waals surface area (Å²) in [4.78, 5) is 5.67. The Bertz CT molecular complexity index is 567. The Kier molecular flexibility index (Phi) is 4.45. The number of benzene rings is 1. The molecule has 0 unspecified atom stereocenters. The average Bonchev–Trinajstić information content (AvgIpc) is 2.83. The minimum Gasteiger partial charge on any atom is -0.497 e. The Morgan fingerprint density at radius 2 is 1.90 bits per heavy atom. The van der Waals surface area contributed by atoms with E-state index in [0.29, 0.717) is 0 Å². The van der Waals surface area contributed by atoms with E-state index in [9.17, 15) is 5.11 Å². The Morgan fingerprint density at radius 3 is 2.40 bits per heavy atom. The fraction of sp³-hybridized carbons (Fsp3) is 0.438. The molecule has 20 heavy (non-hydrogen) atoms. The molecule has 108 valence electrons. The van der Waals surface area contributed by atoms with Gasteiger partial charge in [0, 0.05) is 5.56 Å². The summed E-state index contributed by atoms with van der Waals surface area (Å²) < 4.78 is 5.17. The van der Waals surface area contributed by atoms with Crippen LogP contribution in [-0.4, -0.2) is 17.2 Å². The van der Waals surface area contributed by atoms with Gasteiger partial charge >= 0.3 is 0 Å². The highest BCUT2D eigenvalue weighted by molar-refractivity contribution is 7.15. The second kappa shape index (κ2) is 5.94. The minimum absolute atomic E-state index is 0.835. The zero-order valence-corrected chi connectivity index (χ0v) is 13.3. The van der Waals surface area contributed by atoms with Crippen LogP contribution in [0.5, 0.6) is 5.75 Å². The highest BCUT2D eigenvalue weighted by atomic mass is 32.1. The van der Waals surface area contributed by atoms with Gasteiger partial charge in [-0.15, -0.1) is 11.3 Å². The number of ether oxygens (including phenoxy) is 1. The van der Waals surface area contributed by atoms with Crippen LogP contribution in [0.3, 0.4) is 0 Å². The third-order valence-corrected chi connectivity index (χ3v) is 4.54. The predicted molar refractivity (Wildman–Crippen MR) is 83.3 cm³/mol. The van der Waals surface area contributed by atoms with Crippen LogP contribution in [0, 0.1) is 0 Å². The SMILES string of the molecule is CCCc1nc(-c2ccc(OC)cc2)sc1C(C)(C)O. The smallest absolute Gasteiger partial charge is 0.123 e. The van der Waals surface area contributed by atoms with E-state index in [1.54, 1.807) is 18.4 Å². The molecule has 2 aromatic rings. The number of aryl methyl sites for hydroxylation is 1. The molecule has 1 aromatic heterocycles. The highest BCUT2D eigenvalue weighted by Gasteiger charge is 2.24. The van der Waals surface area contributed by atoms with Crippen molar-refractivity contribution in [1.82, 2.24) is 4.98 Å². The number of methoxy groups -OCH3 is 1. The zero-order chi connectivity index (χ0) is 14.8. The molecule has 0 atom stereocenters. The van der Waals surface area contributed by atoms with Crippen molar-refractivity contribution in [1.29, 1.82) is 0 Å². The van der Waals surface area contributed by atoms with Crippen molar-refractivity contribution < 1.29 is 9.84 Å². The van der Waals surface area contributed by atoms with Crippen LogP contribution in [-0.2, 0) is 12.0 Å². The third kappa shape index (κ3) is 3.19. The summed E-state index contributed by atoms with van der Waals surface area (Å²) in [5.74, 6) is 0.835. The molecule has 0 bridgehead atoms. The summed E-state index contributed by atoms with van der Waals surface area (Å²) >= 11 is 1.57. The Labute approximate surface area is 124 Å². The van der Waals surface area contributed by atoms with E-state index < -0.39 is 5.60 Å². The maximum atomic E-state index is 10.3. The molecule has 0 radical (unpaired) electrons. The first kappa shape index (κ1) is 15.0. The lowest BCUT2D eigenvalue weighted by Gasteiger charge is -2.16. The number of hydrogen-bond donors (Lipinski definition) is 1. The molecule has 1 aromatic carbocycles. The van der Waals surface area contributed by atoms with Crippen molar-refractivity contribution in [3.05, 3.63) is 34.8 Å². The van der Waals surface area contributed by atoms with E-state index in [1.165, 1.54) is 0 Å². The quantitative estimate of drug-likeness (QED) is 0.905. The van der Waals surface area contributed by atoms with Gasteiger partial charge in [0.2, 0.25) is 0 Å².